The van der Waals surface area contributed by atoms with Crippen molar-refractivity contribution in [3.05, 3.63) is 70.5 Å². The molecule has 3 aliphatic rings. The largest absolute Gasteiger partial charge is 0.306 e. The van der Waals surface area contributed by atoms with Crippen molar-refractivity contribution in [1.29, 1.82) is 0 Å². The molecule has 0 N–H and O–H groups in total. The van der Waals surface area contributed by atoms with Crippen LogP contribution in [-0.4, -0.2) is 25.0 Å². The summed E-state index contributed by atoms with van der Waals surface area (Å²) in [4.78, 5) is 2.48. The van der Waals surface area contributed by atoms with Gasteiger partial charge in [0.25, 0.3) is 0 Å². The van der Waals surface area contributed by atoms with Gasteiger partial charge in [0, 0.05) is 6.54 Å². The van der Waals surface area contributed by atoms with Crippen LogP contribution in [0.15, 0.2) is 42.5 Å². The monoisotopic (exact) mass is 321 g/mol. The molecular weight excluding hydrogens is 297 g/mol. The summed E-state index contributed by atoms with van der Waals surface area (Å²) in [6.45, 7) is 2.38. The van der Waals surface area contributed by atoms with Gasteiger partial charge in [-0.25, -0.2) is 4.39 Å². The standard InChI is InChI=1S/C22H24FN/c1-24-9-8-19-16(13-24)11-21-18-5-3-2-4-14(18)10-15-6-7-17(23)12-20(15)22(19)21/h2-7,12,16,19,21-22H,8-11,13H2,1H3/t16-,19?,21-,22-/m1/s1. The first-order valence-electron chi connectivity index (χ1n) is 9.25. The number of halogens is 1. The highest BCUT2D eigenvalue weighted by molar-refractivity contribution is 5.47. The van der Waals surface area contributed by atoms with Gasteiger partial charge in [-0.15, -0.1) is 0 Å². The molecular formula is C22H24FN. The van der Waals surface area contributed by atoms with Gasteiger partial charge in [-0.3, -0.25) is 0 Å². The van der Waals surface area contributed by atoms with E-state index >= 15 is 0 Å². The topological polar surface area (TPSA) is 3.24 Å². The van der Waals surface area contributed by atoms with Gasteiger partial charge in [0.15, 0.2) is 0 Å². The molecule has 1 saturated carbocycles. The lowest BCUT2D eigenvalue weighted by atomic mass is 9.76. The van der Waals surface area contributed by atoms with Crippen LogP contribution >= 0.6 is 0 Å². The van der Waals surface area contributed by atoms with E-state index in [2.05, 4.69) is 36.2 Å². The van der Waals surface area contributed by atoms with E-state index in [9.17, 15) is 4.39 Å². The predicted octanol–water partition coefficient (Wildman–Crippen LogP) is 4.57. The fourth-order valence-corrected chi connectivity index (χ4v) is 5.79. The maximum absolute atomic E-state index is 14.1. The average molecular weight is 321 g/mol. The molecule has 2 aliphatic carbocycles. The van der Waals surface area contributed by atoms with Crippen LogP contribution in [-0.2, 0) is 6.42 Å². The normalized spacial score (nSPS) is 31.6. The second-order valence-electron chi connectivity index (χ2n) is 8.06. The minimum absolute atomic E-state index is 0.0742. The second-order valence-corrected chi connectivity index (χ2v) is 8.06. The summed E-state index contributed by atoms with van der Waals surface area (Å²) >= 11 is 0. The summed E-state index contributed by atoms with van der Waals surface area (Å²) in [6.07, 6.45) is 3.46. The van der Waals surface area contributed by atoms with Crippen LogP contribution in [0.5, 0.6) is 0 Å². The molecule has 2 aromatic rings. The Morgan fingerprint density at radius 1 is 1.04 bits per heavy atom. The van der Waals surface area contributed by atoms with E-state index in [1.165, 1.54) is 48.2 Å². The summed E-state index contributed by atoms with van der Waals surface area (Å²) in [7, 11) is 2.24. The molecule has 0 amide bonds. The van der Waals surface area contributed by atoms with Gasteiger partial charge in [0.2, 0.25) is 0 Å². The van der Waals surface area contributed by atoms with Crippen LogP contribution in [0.4, 0.5) is 4.39 Å². The Balaban J connectivity index is 1.69. The van der Waals surface area contributed by atoms with Crippen molar-refractivity contribution in [3.8, 4) is 0 Å². The number of nitrogens with zero attached hydrogens (tertiary/aromatic N) is 1. The van der Waals surface area contributed by atoms with Crippen LogP contribution in [0.3, 0.4) is 0 Å². The van der Waals surface area contributed by atoms with E-state index in [0.717, 1.165) is 12.3 Å². The van der Waals surface area contributed by atoms with Gasteiger partial charge >= 0.3 is 0 Å². The minimum Gasteiger partial charge on any atom is -0.306 e. The zero-order chi connectivity index (χ0) is 16.3. The number of piperidine rings is 1. The minimum atomic E-state index is -0.0742. The highest BCUT2D eigenvalue weighted by Gasteiger charge is 2.48. The molecule has 0 bridgehead atoms. The number of likely N-dealkylation sites (tertiary alicyclic amines) is 1. The van der Waals surface area contributed by atoms with Crippen molar-refractivity contribution >= 4 is 0 Å². The van der Waals surface area contributed by atoms with Gasteiger partial charge in [0.1, 0.15) is 5.82 Å². The number of hydrogen-bond donors (Lipinski definition) is 0. The quantitative estimate of drug-likeness (QED) is 0.687. The molecule has 2 aromatic carbocycles. The number of benzene rings is 2. The Hall–Kier alpha value is -1.67. The molecule has 0 spiro atoms. The van der Waals surface area contributed by atoms with Crippen molar-refractivity contribution in [2.75, 3.05) is 20.1 Å². The zero-order valence-electron chi connectivity index (χ0n) is 14.2. The molecule has 0 aromatic heterocycles. The maximum atomic E-state index is 14.1. The van der Waals surface area contributed by atoms with E-state index in [4.69, 9.17) is 0 Å². The van der Waals surface area contributed by atoms with Crippen molar-refractivity contribution < 1.29 is 4.39 Å². The van der Waals surface area contributed by atoms with Gasteiger partial charge in [-0.1, -0.05) is 30.3 Å². The molecule has 2 fully saturated rings. The average Bonchev–Trinajstić information content (AvgIpc) is 2.88. The number of hydrogen-bond acceptors (Lipinski definition) is 1. The van der Waals surface area contributed by atoms with Gasteiger partial charge in [0.05, 0.1) is 0 Å². The summed E-state index contributed by atoms with van der Waals surface area (Å²) in [5, 5.41) is 0. The van der Waals surface area contributed by atoms with E-state index in [1.807, 2.05) is 12.1 Å². The SMILES string of the molecule is CN1CCC2[C@H](C[C@@H]3c4ccccc4Cc4ccc(F)cc4[C@@H]23)C1. The molecule has 0 radical (unpaired) electrons. The Labute approximate surface area is 143 Å². The fraction of sp³-hybridized carbons (Fsp3) is 0.455. The highest BCUT2D eigenvalue weighted by Crippen LogP contribution is 2.57. The molecule has 1 aliphatic heterocycles. The molecule has 1 heterocycles. The Morgan fingerprint density at radius 3 is 2.79 bits per heavy atom. The van der Waals surface area contributed by atoms with Gasteiger partial charge in [-0.2, -0.15) is 0 Å². The Kier molecular flexibility index (Phi) is 3.31. The molecule has 2 heteroatoms. The van der Waals surface area contributed by atoms with Crippen LogP contribution < -0.4 is 0 Å². The third-order valence-corrected chi connectivity index (χ3v) is 6.75. The highest BCUT2D eigenvalue weighted by atomic mass is 19.1. The third kappa shape index (κ3) is 2.16. The predicted molar refractivity (Wildman–Crippen MR) is 94.8 cm³/mol. The van der Waals surface area contributed by atoms with Crippen molar-refractivity contribution in [2.24, 2.45) is 11.8 Å². The van der Waals surface area contributed by atoms with Crippen molar-refractivity contribution in [3.63, 3.8) is 0 Å². The van der Waals surface area contributed by atoms with Gasteiger partial charge < -0.3 is 4.90 Å². The van der Waals surface area contributed by atoms with Crippen LogP contribution in [0.25, 0.3) is 0 Å². The van der Waals surface area contributed by atoms with Crippen LogP contribution in [0.1, 0.15) is 46.9 Å². The third-order valence-electron chi connectivity index (χ3n) is 6.75. The molecule has 5 rings (SSSR count). The lowest BCUT2D eigenvalue weighted by molar-refractivity contribution is 0.158. The molecule has 124 valence electrons. The Morgan fingerprint density at radius 2 is 1.88 bits per heavy atom. The molecule has 1 saturated heterocycles. The summed E-state index contributed by atoms with van der Waals surface area (Å²) in [5.41, 5.74) is 5.62. The number of rotatable bonds is 0. The summed E-state index contributed by atoms with van der Waals surface area (Å²) < 4.78 is 14.1. The van der Waals surface area contributed by atoms with E-state index in [1.54, 1.807) is 6.07 Å². The van der Waals surface area contributed by atoms with Crippen molar-refractivity contribution in [2.45, 2.75) is 31.1 Å². The molecule has 1 nitrogen and oxygen atoms in total. The second kappa shape index (κ2) is 5.42. The van der Waals surface area contributed by atoms with Crippen LogP contribution in [0, 0.1) is 17.7 Å². The van der Waals surface area contributed by atoms with Gasteiger partial charge in [-0.05, 0) is 90.9 Å². The fourth-order valence-electron chi connectivity index (χ4n) is 5.79. The van der Waals surface area contributed by atoms with E-state index in [0.29, 0.717) is 17.8 Å². The lowest BCUT2D eigenvalue weighted by Gasteiger charge is -2.35. The van der Waals surface area contributed by atoms with Crippen LogP contribution in [0.2, 0.25) is 0 Å². The first-order valence-corrected chi connectivity index (χ1v) is 9.25. The smallest absolute Gasteiger partial charge is 0.123 e. The maximum Gasteiger partial charge on any atom is 0.123 e. The van der Waals surface area contributed by atoms with Crippen molar-refractivity contribution in [1.82, 2.24) is 4.90 Å². The first-order chi connectivity index (χ1) is 11.7. The number of fused-ring (bicyclic) bond motifs is 7. The van der Waals surface area contributed by atoms with E-state index < -0.39 is 0 Å². The zero-order valence-corrected chi connectivity index (χ0v) is 14.2. The summed E-state index contributed by atoms with van der Waals surface area (Å²) in [6, 6.07) is 14.5. The lowest BCUT2D eigenvalue weighted by Crippen LogP contribution is -2.37. The molecule has 4 atom stereocenters. The molecule has 24 heavy (non-hydrogen) atoms. The molecule has 1 unspecified atom stereocenters. The Bertz CT molecular complexity index is 783. The summed E-state index contributed by atoms with van der Waals surface area (Å²) in [5.74, 6) is 2.44. The first kappa shape index (κ1) is 14.7. The van der Waals surface area contributed by atoms with E-state index in [-0.39, 0.29) is 5.82 Å².